The zero-order valence-corrected chi connectivity index (χ0v) is 21.2. The SMILES string of the molecule is CC(=O)/C=C(/C)[O][Sb]([CH3])([CH3])([CH3])[O][Sb]([CH3])([CH3])([CH3])[O]/C(C)=C/C(C)=O. The van der Waals surface area contributed by atoms with E-state index >= 15 is 0 Å². The summed E-state index contributed by atoms with van der Waals surface area (Å²) in [6.45, 7) is 6.50. The van der Waals surface area contributed by atoms with Gasteiger partial charge in [0, 0.05) is 0 Å². The van der Waals surface area contributed by atoms with Crippen molar-refractivity contribution in [3.05, 3.63) is 23.7 Å². The van der Waals surface area contributed by atoms with Crippen LogP contribution in [-0.4, -0.2) is 48.0 Å². The van der Waals surface area contributed by atoms with Crippen molar-refractivity contribution in [2.75, 3.05) is 0 Å². The molecule has 0 radical (unpaired) electrons. The second kappa shape index (κ2) is 7.10. The third-order valence-corrected chi connectivity index (χ3v) is 32.0. The molecule has 0 saturated carbocycles. The number of hydrogen-bond acceptors (Lipinski definition) is 5. The van der Waals surface area contributed by atoms with Crippen molar-refractivity contribution in [2.24, 2.45) is 0 Å². The summed E-state index contributed by atoms with van der Waals surface area (Å²) in [4.78, 5) is 34.4. The van der Waals surface area contributed by atoms with Crippen LogP contribution in [0.25, 0.3) is 0 Å². The van der Waals surface area contributed by atoms with Crippen molar-refractivity contribution in [2.45, 2.75) is 56.9 Å². The van der Waals surface area contributed by atoms with E-state index in [1.165, 1.54) is 26.0 Å². The molecule has 0 aliphatic rings. The van der Waals surface area contributed by atoms with E-state index in [0.29, 0.717) is 11.5 Å². The van der Waals surface area contributed by atoms with Gasteiger partial charge < -0.3 is 0 Å². The predicted molar refractivity (Wildman–Crippen MR) is 98.8 cm³/mol. The van der Waals surface area contributed by atoms with Crippen LogP contribution < -0.4 is 0 Å². The van der Waals surface area contributed by atoms with Gasteiger partial charge in [0.15, 0.2) is 0 Å². The molecule has 7 heteroatoms. The minimum atomic E-state index is -3.88. The summed E-state index contributed by atoms with van der Waals surface area (Å²) >= 11 is -7.75. The first kappa shape index (κ1) is 23.0. The number of allylic oxidation sites excluding steroid dienone is 4. The summed E-state index contributed by atoms with van der Waals surface area (Å²) in [5.74, 6) is 1.01. The molecule has 23 heavy (non-hydrogen) atoms. The maximum atomic E-state index is 11.2. The molecule has 0 aliphatic heterocycles. The van der Waals surface area contributed by atoms with Crippen molar-refractivity contribution >= 4 is 48.0 Å². The van der Waals surface area contributed by atoms with Crippen molar-refractivity contribution in [3.8, 4) is 0 Å². The van der Waals surface area contributed by atoms with E-state index < -0.39 is 36.5 Å². The van der Waals surface area contributed by atoms with E-state index in [2.05, 4.69) is 0 Å². The van der Waals surface area contributed by atoms with Crippen LogP contribution in [0.3, 0.4) is 0 Å². The van der Waals surface area contributed by atoms with Crippen LogP contribution in [0.15, 0.2) is 23.7 Å². The Morgan fingerprint density at radius 3 is 1.13 bits per heavy atom. The molecule has 0 unspecified atom stereocenters. The van der Waals surface area contributed by atoms with Gasteiger partial charge in [-0.1, -0.05) is 0 Å². The van der Waals surface area contributed by atoms with Gasteiger partial charge in [0.1, 0.15) is 0 Å². The molecule has 0 spiro atoms. The van der Waals surface area contributed by atoms with E-state index in [0.717, 1.165) is 0 Å². The second-order valence-electron chi connectivity index (χ2n) is 8.02. The normalized spacial score (nSPS) is 17.5. The number of carbonyl (C=O) groups excluding carboxylic acids is 2. The van der Waals surface area contributed by atoms with Gasteiger partial charge in [-0.3, -0.25) is 0 Å². The molecule has 5 nitrogen and oxygen atoms in total. The standard InChI is InChI=1S/2C5H8O2.6CH3.O.2Sb/c2*1-4(6)3-5(2)7;;;;;;;;;/h2*3,6H,1-2H3;6*1H3;;;/q;;;;;;;;;2*+1/p-2/b4-3+;4-3-;;;;;;;;;. The topological polar surface area (TPSA) is 61.8 Å². The Bertz CT molecular complexity index is 506. The van der Waals surface area contributed by atoms with Crippen LogP contribution in [0.1, 0.15) is 27.7 Å². The first-order valence-corrected chi connectivity index (χ1v) is 26.9. The average Bonchev–Trinajstić information content (AvgIpc) is 2.04. The monoisotopic (exact) mass is 546 g/mol. The Hall–Kier alpha value is 0.0164. The fourth-order valence-electron chi connectivity index (χ4n) is 2.59. The van der Waals surface area contributed by atoms with Gasteiger partial charge in [-0.15, -0.1) is 0 Å². The van der Waals surface area contributed by atoms with Crippen molar-refractivity contribution < 1.29 is 16.9 Å². The third kappa shape index (κ3) is 11.2. The van der Waals surface area contributed by atoms with Crippen LogP contribution in [0.5, 0.6) is 0 Å². The molecule has 0 aromatic heterocycles. The van der Waals surface area contributed by atoms with Crippen LogP contribution in [0.2, 0.25) is 29.2 Å². The molecular weight excluding hydrogens is 516 g/mol. The Morgan fingerprint density at radius 2 is 0.913 bits per heavy atom. The molecule has 0 bridgehead atoms. The summed E-state index contributed by atoms with van der Waals surface area (Å²) in [5.41, 5.74) is 0. The van der Waals surface area contributed by atoms with Crippen molar-refractivity contribution in [3.63, 3.8) is 0 Å². The average molecular weight is 548 g/mol. The number of carbonyl (C=O) groups is 2. The first-order valence-electron chi connectivity index (χ1n) is 7.38. The van der Waals surface area contributed by atoms with Gasteiger partial charge in [-0.05, 0) is 0 Å². The van der Waals surface area contributed by atoms with Gasteiger partial charge in [0.05, 0.1) is 0 Å². The number of ketones is 2. The molecule has 0 aromatic carbocycles. The van der Waals surface area contributed by atoms with E-state index in [4.69, 9.17) is 7.32 Å². The molecule has 0 aromatic rings. The molecule has 136 valence electrons. The number of hydrogen-bond donors (Lipinski definition) is 0. The second-order valence-corrected chi connectivity index (χ2v) is 41.3. The fourth-order valence-corrected chi connectivity index (χ4v) is 51.7. The Kier molecular flexibility index (Phi) is 7.10. The fraction of sp³-hybridized carbons (Fsp3) is 0.625. The van der Waals surface area contributed by atoms with Crippen LogP contribution in [0.4, 0.5) is 0 Å². The molecule has 0 aliphatic carbocycles. The molecular formula is C16H32O5Sb2. The Labute approximate surface area is 144 Å². The van der Waals surface area contributed by atoms with E-state index in [-0.39, 0.29) is 11.6 Å². The van der Waals surface area contributed by atoms with Gasteiger partial charge in [0.25, 0.3) is 0 Å². The molecule has 0 atom stereocenters. The summed E-state index contributed by atoms with van der Waals surface area (Å²) < 4.78 is 18.8. The molecule has 0 saturated heterocycles. The van der Waals surface area contributed by atoms with E-state index in [1.807, 2.05) is 29.2 Å². The molecule has 0 N–H and O–H groups in total. The molecule has 0 rings (SSSR count). The van der Waals surface area contributed by atoms with Gasteiger partial charge in [-0.25, -0.2) is 0 Å². The molecule has 0 amide bonds. The molecule has 0 heterocycles. The zero-order valence-electron chi connectivity index (χ0n) is 16.1. The Morgan fingerprint density at radius 1 is 0.652 bits per heavy atom. The zero-order chi connectivity index (χ0) is 18.7. The van der Waals surface area contributed by atoms with Crippen LogP contribution in [-0.2, 0) is 16.9 Å². The molecule has 0 fully saturated rings. The van der Waals surface area contributed by atoms with Gasteiger partial charge in [-0.2, -0.15) is 0 Å². The van der Waals surface area contributed by atoms with E-state index in [9.17, 15) is 9.59 Å². The number of rotatable bonds is 8. The van der Waals surface area contributed by atoms with Gasteiger partial charge >= 0.3 is 146 Å². The minimum absolute atomic E-state index is 0.0588. The van der Waals surface area contributed by atoms with Crippen LogP contribution in [0, 0.1) is 0 Å². The quantitative estimate of drug-likeness (QED) is 0.253. The summed E-state index contributed by atoms with van der Waals surface area (Å²) in [5, 5.41) is 0. The van der Waals surface area contributed by atoms with Gasteiger partial charge in [0.2, 0.25) is 0 Å². The van der Waals surface area contributed by atoms with Crippen LogP contribution >= 0.6 is 0 Å². The Balaban J connectivity index is 5.45. The summed E-state index contributed by atoms with van der Waals surface area (Å²) in [6, 6.07) is 0. The van der Waals surface area contributed by atoms with Crippen molar-refractivity contribution in [1.29, 1.82) is 0 Å². The maximum absolute atomic E-state index is 11.2. The third-order valence-electron chi connectivity index (χ3n) is 2.28. The predicted octanol–water partition coefficient (Wildman–Crippen LogP) is 4.59. The first-order chi connectivity index (χ1) is 9.86. The van der Waals surface area contributed by atoms with E-state index in [1.54, 1.807) is 13.8 Å². The summed E-state index contributed by atoms with van der Waals surface area (Å²) in [7, 11) is 0. The van der Waals surface area contributed by atoms with Crippen molar-refractivity contribution in [1.82, 2.24) is 0 Å². The summed E-state index contributed by atoms with van der Waals surface area (Å²) in [6.07, 6.45) is 2.94.